The molecule has 1 amide bonds. The second-order valence-corrected chi connectivity index (χ2v) is 6.66. The second kappa shape index (κ2) is 10.3. The molecule has 1 aromatic carbocycles. The van der Waals surface area contributed by atoms with Crippen LogP contribution in [-0.4, -0.2) is 50.8 Å². The van der Waals surface area contributed by atoms with E-state index in [0.717, 1.165) is 23.0 Å². The molecule has 2 aromatic rings. The third-order valence-corrected chi connectivity index (χ3v) is 4.64. The van der Waals surface area contributed by atoms with Crippen LogP contribution in [0.1, 0.15) is 30.7 Å². The first kappa shape index (κ1) is 20.4. The molecule has 0 fully saturated rings. The van der Waals surface area contributed by atoms with Crippen molar-refractivity contribution in [3.05, 3.63) is 47.9 Å². The quantitative estimate of drug-likeness (QED) is 0.607. The number of methoxy groups -OCH3 is 1. The van der Waals surface area contributed by atoms with Gasteiger partial charge >= 0.3 is 0 Å². The minimum absolute atomic E-state index is 0.0663. The number of aliphatic hydroxyl groups excluding tert-OH is 1. The summed E-state index contributed by atoms with van der Waals surface area (Å²) >= 11 is 0. The van der Waals surface area contributed by atoms with Gasteiger partial charge in [0.1, 0.15) is 5.58 Å². The number of nitrogens with one attached hydrogen (secondary N) is 1. The summed E-state index contributed by atoms with van der Waals surface area (Å²) in [5, 5.41) is 12.7. The first-order chi connectivity index (χ1) is 13.7. The molecular formula is C21H27NO6. The average molecular weight is 389 g/mol. The maximum atomic E-state index is 12.5. The van der Waals surface area contributed by atoms with E-state index in [-0.39, 0.29) is 24.2 Å². The molecule has 0 spiro atoms. The second-order valence-electron chi connectivity index (χ2n) is 6.66. The van der Waals surface area contributed by atoms with Crippen LogP contribution in [0.3, 0.4) is 0 Å². The molecule has 2 atom stereocenters. The van der Waals surface area contributed by atoms with Crippen molar-refractivity contribution in [1.82, 2.24) is 5.32 Å². The van der Waals surface area contributed by atoms with Crippen molar-refractivity contribution in [1.29, 1.82) is 0 Å². The number of fused-ring (bicyclic) bond motifs is 1. The third-order valence-electron chi connectivity index (χ3n) is 4.64. The number of hydrogen-bond donors (Lipinski definition) is 2. The lowest BCUT2D eigenvalue weighted by atomic mass is 9.92. The van der Waals surface area contributed by atoms with Gasteiger partial charge in [0.05, 0.1) is 19.5 Å². The van der Waals surface area contributed by atoms with Crippen molar-refractivity contribution in [2.75, 3.05) is 33.5 Å². The molecule has 0 unspecified atom stereocenters. The molecular weight excluding hydrogens is 362 g/mol. The number of aliphatic hydroxyl groups is 1. The molecule has 28 heavy (non-hydrogen) atoms. The van der Waals surface area contributed by atoms with E-state index in [1.54, 1.807) is 13.4 Å². The van der Waals surface area contributed by atoms with Gasteiger partial charge in [0.25, 0.3) is 5.91 Å². The van der Waals surface area contributed by atoms with E-state index in [1.165, 1.54) is 0 Å². The molecule has 1 aliphatic heterocycles. The molecule has 0 aliphatic carbocycles. The van der Waals surface area contributed by atoms with Crippen LogP contribution in [0, 0.1) is 0 Å². The SMILES string of the molecule is COCCNC(=O)C1=C[C@@H](c2coc3ccccc23)C[C@@H](OCCCCO)O1. The highest BCUT2D eigenvalue weighted by molar-refractivity contribution is 5.92. The Bertz CT molecular complexity index is 799. The highest BCUT2D eigenvalue weighted by Crippen LogP contribution is 2.36. The van der Waals surface area contributed by atoms with Gasteiger partial charge in [0.2, 0.25) is 6.29 Å². The highest BCUT2D eigenvalue weighted by Gasteiger charge is 2.30. The van der Waals surface area contributed by atoms with Gasteiger partial charge in [-0.15, -0.1) is 0 Å². The third kappa shape index (κ3) is 5.13. The fraction of sp³-hybridized carbons (Fsp3) is 0.476. The van der Waals surface area contributed by atoms with Crippen molar-refractivity contribution in [3.63, 3.8) is 0 Å². The summed E-state index contributed by atoms with van der Waals surface area (Å²) in [5.74, 6) is -0.119. The fourth-order valence-electron chi connectivity index (χ4n) is 3.20. The molecule has 0 bridgehead atoms. The zero-order valence-corrected chi connectivity index (χ0v) is 16.1. The first-order valence-electron chi connectivity index (χ1n) is 9.57. The Morgan fingerprint density at radius 3 is 2.96 bits per heavy atom. The van der Waals surface area contributed by atoms with Gasteiger partial charge in [-0.05, 0) is 25.0 Å². The molecule has 7 nitrogen and oxygen atoms in total. The lowest BCUT2D eigenvalue weighted by molar-refractivity contribution is -0.146. The number of carbonyl (C=O) groups excluding carboxylic acids is 1. The van der Waals surface area contributed by atoms with Crippen molar-refractivity contribution < 1.29 is 28.5 Å². The maximum absolute atomic E-state index is 12.5. The Morgan fingerprint density at radius 1 is 1.29 bits per heavy atom. The smallest absolute Gasteiger partial charge is 0.286 e. The van der Waals surface area contributed by atoms with Gasteiger partial charge in [-0.2, -0.15) is 0 Å². The lowest BCUT2D eigenvalue weighted by Crippen LogP contribution is -2.34. The molecule has 3 rings (SSSR count). The predicted octanol–water partition coefficient (Wildman–Crippen LogP) is 2.70. The topological polar surface area (TPSA) is 90.2 Å². The number of allylic oxidation sites excluding steroid dienone is 1. The van der Waals surface area contributed by atoms with Gasteiger partial charge in [0, 0.05) is 43.5 Å². The van der Waals surface area contributed by atoms with Crippen LogP contribution in [0.15, 0.2) is 46.8 Å². The maximum Gasteiger partial charge on any atom is 0.286 e. The Balaban J connectivity index is 1.77. The number of furan rings is 1. The van der Waals surface area contributed by atoms with E-state index in [4.69, 9.17) is 23.7 Å². The predicted molar refractivity (Wildman–Crippen MR) is 104 cm³/mol. The van der Waals surface area contributed by atoms with E-state index in [1.807, 2.05) is 30.3 Å². The zero-order chi connectivity index (χ0) is 19.8. The summed E-state index contributed by atoms with van der Waals surface area (Å²) < 4.78 is 22.3. The normalized spacial score (nSPS) is 19.3. The van der Waals surface area contributed by atoms with Crippen LogP contribution in [-0.2, 0) is 19.0 Å². The number of rotatable bonds is 10. The summed E-state index contributed by atoms with van der Waals surface area (Å²) in [5.41, 5.74) is 1.81. The van der Waals surface area contributed by atoms with Crippen molar-refractivity contribution in [2.45, 2.75) is 31.5 Å². The van der Waals surface area contributed by atoms with Crippen LogP contribution in [0.5, 0.6) is 0 Å². The van der Waals surface area contributed by atoms with E-state index < -0.39 is 6.29 Å². The van der Waals surface area contributed by atoms with Gasteiger partial charge in [-0.25, -0.2) is 0 Å². The highest BCUT2D eigenvalue weighted by atomic mass is 16.7. The molecule has 2 heterocycles. The number of benzene rings is 1. The monoisotopic (exact) mass is 389 g/mol. The van der Waals surface area contributed by atoms with Crippen LogP contribution in [0.2, 0.25) is 0 Å². The van der Waals surface area contributed by atoms with Gasteiger partial charge in [-0.3, -0.25) is 4.79 Å². The van der Waals surface area contributed by atoms with Crippen LogP contribution in [0.4, 0.5) is 0 Å². The Hall–Kier alpha value is -2.35. The largest absolute Gasteiger partial charge is 0.464 e. The number of carbonyl (C=O) groups is 1. The minimum atomic E-state index is -0.537. The summed E-state index contributed by atoms with van der Waals surface area (Å²) in [6.07, 6.45) is 5.01. The zero-order valence-electron chi connectivity index (χ0n) is 16.1. The van der Waals surface area contributed by atoms with E-state index >= 15 is 0 Å². The van der Waals surface area contributed by atoms with E-state index in [9.17, 15) is 4.79 Å². The summed E-state index contributed by atoms with van der Waals surface area (Å²) in [6, 6.07) is 7.82. The van der Waals surface area contributed by atoms with Crippen LogP contribution < -0.4 is 5.32 Å². The molecule has 2 N–H and O–H groups in total. The number of hydrogen-bond acceptors (Lipinski definition) is 6. The average Bonchev–Trinajstić information content (AvgIpc) is 3.15. The molecule has 0 saturated carbocycles. The van der Waals surface area contributed by atoms with Crippen molar-refractivity contribution in [2.24, 2.45) is 0 Å². The summed E-state index contributed by atoms with van der Waals surface area (Å²) in [4.78, 5) is 12.5. The van der Waals surface area contributed by atoms with E-state index in [2.05, 4.69) is 5.32 Å². The Morgan fingerprint density at radius 2 is 2.14 bits per heavy atom. The Labute approximate surface area is 164 Å². The summed E-state index contributed by atoms with van der Waals surface area (Å²) in [6.45, 7) is 1.42. The number of para-hydroxylation sites is 1. The summed E-state index contributed by atoms with van der Waals surface area (Å²) in [7, 11) is 1.58. The van der Waals surface area contributed by atoms with Crippen molar-refractivity contribution in [3.8, 4) is 0 Å². The molecule has 1 aromatic heterocycles. The molecule has 0 saturated heterocycles. The van der Waals surface area contributed by atoms with Crippen LogP contribution >= 0.6 is 0 Å². The van der Waals surface area contributed by atoms with Crippen molar-refractivity contribution >= 4 is 16.9 Å². The van der Waals surface area contributed by atoms with E-state index in [0.29, 0.717) is 32.6 Å². The number of amides is 1. The van der Waals surface area contributed by atoms with Gasteiger partial charge in [0.15, 0.2) is 5.76 Å². The molecule has 152 valence electrons. The molecule has 7 heteroatoms. The lowest BCUT2D eigenvalue weighted by Gasteiger charge is -2.29. The number of ether oxygens (including phenoxy) is 3. The van der Waals surface area contributed by atoms with Gasteiger partial charge < -0.3 is 29.1 Å². The molecule has 1 aliphatic rings. The molecule has 0 radical (unpaired) electrons. The number of unbranched alkanes of at least 4 members (excludes halogenated alkanes) is 1. The first-order valence-corrected chi connectivity index (χ1v) is 9.57. The van der Waals surface area contributed by atoms with Crippen LogP contribution in [0.25, 0.3) is 11.0 Å². The standard InChI is InChI=1S/C21H27NO6/c1-25-11-8-22-21(24)19-12-15(13-20(28-19)26-10-5-4-9-23)17-14-27-18-7-3-2-6-16(17)18/h2-3,6-7,12,14-15,20,23H,4-5,8-11,13H2,1H3,(H,22,24)/t15-,20+/m1/s1. The minimum Gasteiger partial charge on any atom is -0.464 e. The Kier molecular flexibility index (Phi) is 7.47. The fourth-order valence-corrected chi connectivity index (χ4v) is 3.20. The van der Waals surface area contributed by atoms with Gasteiger partial charge in [-0.1, -0.05) is 18.2 Å².